The number of hydrogen-bond donors (Lipinski definition) is 1. The molecule has 5 heteroatoms. The smallest absolute Gasteiger partial charge is 0.316 e. The van der Waals surface area contributed by atoms with Crippen LogP contribution in [0.3, 0.4) is 0 Å². The summed E-state index contributed by atoms with van der Waals surface area (Å²) in [6, 6.07) is 18.2. The molecular formula is C18H18BrN2OS+. The highest BCUT2D eigenvalue weighted by Crippen LogP contribution is 2.39. The number of para-hydroxylation sites is 1. The van der Waals surface area contributed by atoms with E-state index in [1.54, 1.807) is 0 Å². The van der Waals surface area contributed by atoms with E-state index in [0.717, 1.165) is 39.6 Å². The van der Waals surface area contributed by atoms with Crippen molar-refractivity contribution in [1.29, 1.82) is 0 Å². The van der Waals surface area contributed by atoms with Crippen molar-refractivity contribution in [3.05, 3.63) is 64.6 Å². The molecule has 2 heterocycles. The Balaban J connectivity index is 1.84. The third kappa shape index (κ3) is 2.61. The minimum absolute atomic E-state index is 0.603. The van der Waals surface area contributed by atoms with E-state index in [2.05, 4.69) is 37.5 Å². The van der Waals surface area contributed by atoms with E-state index in [9.17, 15) is 5.11 Å². The van der Waals surface area contributed by atoms with Gasteiger partial charge in [0.05, 0.1) is 6.54 Å². The number of aliphatic hydroxyl groups is 1. The van der Waals surface area contributed by atoms with E-state index < -0.39 is 5.72 Å². The lowest BCUT2D eigenvalue weighted by Crippen LogP contribution is -2.46. The lowest BCUT2D eigenvalue weighted by atomic mass is 10.0. The monoisotopic (exact) mass is 389 g/mol. The van der Waals surface area contributed by atoms with Crippen molar-refractivity contribution in [3.8, 4) is 0 Å². The van der Waals surface area contributed by atoms with Crippen LogP contribution >= 0.6 is 27.7 Å². The van der Waals surface area contributed by atoms with Gasteiger partial charge in [0, 0.05) is 15.8 Å². The van der Waals surface area contributed by atoms with Gasteiger partial charge in [-0.3, -0.25) is 0 Å². The standard InChI is InChI=1S/C18H18BrN2OS/c19-15-9-7-14(8-10-15)18(22)13-20-11-4-12-23-17(20)21(18)16-5-2-1-3-6-16/h1-3,5-10,22H,4,11-13H2/q+1. The molecule has 0 bridgehead atoms. The molecule has 1 N–H and O–H groups in total. The minimum Gasteiger partial charge on any atom is -0.346 e. The van der Waals surface area contributed by atoms with Crippen LogP contribution in [0.1, 0.15) is 12.0 Å². The predicted molar refractivity (Wildman–Crippen MR) is 99.0 cm³/mol. The molecule has 118 valence electrons. The summed E-state index contributed by atoms with van der Waals surface area (Å²) in [6.45, 7) is 1.61. The molecule has 0 aromatic heterocycles. The van der Waals surface area contributed by atoms with Crippen LogP contribution in [0.15, 0.2) is 59.1 Å². The number of nitrogens with zero attached hydrogens (tertiary/aromatic N) is 2. The maximum absolute atomic E-state index is 11.6. The van der Waals surface area contributed by atoms with Crippen LogP contribution in [0.4, 0.5) is 5.69 Å². The number of benzene rings is 2. The van der Waals surface area contributed by atoms with Gasteiger partial charge in [-0.05, 0) is 42.4 Å². The molecule has 23 heavy (non-hydrogen) atoms. The highest BCUT2D eigenvalue weighted by atomic mass is 79.9. The fourth-order valence-corrected chi connectivity index (χ4v) is 4.74. The Morgan fingerprint density at radius 3 is 2.57 bits per heavy atom. The van der Waals surface area contributed by atoms with Gasteiger partial charge in [-0.25, -0.2) is 4.58 Å². The van der Waals surface area contributed by atoms with Gasteiger partial charge in [-0.1, -0.05) is 46.3 Å². The van der Waals surface area contributed by atoms with E-state index in [-0.39, 0.29) is 0 Å². The zero-order valence-electron chi connectivity index (χ0n) is 12.7. The normalized spacial score (nSPS) is 24.0. The molecule has 2 aromatic carbocycles. The largest absolute Gasteiger partial charge is 0.346 e. The summed E-state index contributed by atoms with van der Waals surface area (Å²) >= 11 is 5.31. The van der Waals surface area contributed by atoms with Crippen LogP contribution in [0.5, 0.6) is 0 Å². The summed E-state index contributed by atoms with van der Waals surface area (Å²) in [7, 11) is 0. The van der Waals surface area contributed by atoms with E-state index in [4.69, 9.17) is 0 Å². The van der Waals surface area contributed by atoms with Gasteiger partial charge in [0.15, 0.2) is 6.54 Å². The molecule has 0 fully saturated rings. The summed E-state index contributed by atoms with van der Waals surface area (Å²) in [4.78, 5) is 2.10. The van der Waals surface area contributed by atoms with Crippen LogP contribution in [-0.2, 0) is 5.72 Å². The zero-order chi connectivity index (χ0) is 15.9. The Bertz CT molecular complexity index is 747. The van der Waals surface area contributed by atoms with Gasteiger partial charge in [-0.15, -0.1) is 0 Å². The van der Waals surface area contributed by atoms with Crippen molar-refractivity contribution < 1.29 is 9.68 Å². The fourth-order valence-electron chi connectivity index (χ4n) is 3.29. The third-order valence-corrected chi connectivity index (χ3v) is 6.09. The molecule has 0 saturated heterocycles. The summed E-state index contributed by atoms with van der Waals surface area (Å²) in [5.41, 5.74) is 0.922. The van der Waals surface area contributed by atoms with Gasteiger partial charge in [0.25, 0.3) is 5.72 Å². The number of thioether (sulfide) groups is 1. The second kappa shape index (κ2) is 5.96. The number of rotatable bonds is 2. The Kier molecular flexibility index (Phi) is 3.95. The van der Waals surface area contributed by atoms with E-state index in [1.165, 1.54) is 0 Å². The first-order chi connectivity index (χ1) is 11.2. The highest BCUT2D eigenvalue weighted by molar-refractivity contribution is 9.10. The van der Waals surface area contributed by atoms with E-state index in [0.29, 0.717) is 6.54 Å². The molecule has 0 saturated carbocycles. The van der Waals surface area contributed by atoms with Crippen molar-refractivity contribution in [3.63, 3.8) is 0 Å². The van der Waals surface area contributed by atoms with Crippen LogP contribution in [0.25, 0.3) is 0 Å². The van der Waals surface area contributed by atoms with Crippen LogP contribution in [-0.4, -0.2) is 33.7 Å². The maximum atomic E-state index is 11.6. The topological polar surface area (TPSA) is 26.5 Å². The van der Waals surface area contributed by atoms with Crippen molar-refractivity contribution in [2.45, 2.75) is 12.1 Å². The summed E-state index contributed by atoms with van der Waals surface area (Å²) in [5.74, 6) is 1.10. The van der Waals surface area contributed by atoms with Gasteiger partial charge >= 0.3 is 5.17 Å². The molecule has 2 aromatic rings. The fraction of sp³-hybridized carbons (Fsp3) is 0.278. The zero-order valence-corrected chi connectivity index (χ0v) is 15.1. The Hall–Kier alpha value is -1.30. The second-order valence-electron chi connectivity index (χ2n) is 5.90. The molecule has 2 aliphatic rings. The average molecular weight is 390 g/mol. The first-order valence-electron chi connectivity index (χ1n) is 7.77. The number of anilines is 1. The molecule has 0 spiro atoms. The van der Waals surface area contributed by atoms with Crippen molar-refractivity contribution >= 4 is 38.5 Å². The number of halogens is 1. The minimum atomic E-state index is -1.03. The van der Waals surface area contributed by atoms with Gasteiger partial charge in [0.2, 0.25) is 0 Å². The van der Waals surface area contributed by atoms with Gasteiger partial charge in [-0.2, -0.15) is 4.90 Å². The lowest BCUT2D eigenvalue weighted by Gasteiger charge is -2.28. The molecule has 0 radical (unpaired) electrons. The molecule has 1 unspecified atom stereocenters. The quantitative estimate of drug-likeness (QED) is 0.794. The summed E-state index contributed by atoms with van der Waals surface area (Å²) in [5, 5.41) is 12.8. The first kappa shape index (κ1) is 15.2. The first-order valence-corrected chi connectivity index (χ1v) is 9.55. The molecule has 0 amide bonds. The maximum Gasteiger partial charge on any atom is 0.316 e. The molecule has 0 aliphatic carbocycles. The van der Waals surface area contributed by atoms with Crippen molar-refractivity contribution in [2.75, 3.05) is 23.7 Å². The number of amidine groups is 1. The van der Waals surface area contributed by atoms with E-state index >= 15 is 0 Å². The third-order valence-electron chi connectivity index (χ3n) is 4.37. The lowest BCUT2D eigenvalue weighted by molar-refractivity contribution is -0.532. The van der Waals surface area contributed by atoms with Crippen molar-refractivity contribution in [2.24, 2.45) is 0 Å². The van der Waals surface area contributed by atoms with E-state index in [1.807, 2.05) is 54.2 Å². The Labute approximate surface area is 148 Å². The predicted octanol–water partition coefficient (Wildman–Crippen LogP) is 3.62. The van der Waals surface area contributed by atoms with Crippen molar-refractivity contribution in [1.82, 2.24) is 0 Å². The Morgan fingerprint density at radius 1 is 1.09 bits per heavy atom. The molecular weight excluding hydrogens is 372 g/mol. The summed E-state index contributed by atoms with van der Waals surface area (Å²) < 4.78 is 3.33. The molecule has 4 rings (SSSR count). The van der Waals surface area contributed by atoms with Crippen LogP contribution in [0, 0.1) is 0 Å². The average Bonchev–Trinajstić information content (AvgIpc) is 2.89. The molecule has 3 nitrogen and oxygen atoms in total. The second-order valence-corrected chi connectivity index (χ2v) is 7.88. The Morgan fingerprint density at radius 2 is 1.83 bits per heavy atom. The highest BCUT2D eigenvalue weighted by Gasteiger charge is 2.55. The van der Waals surface area contributed by atoms with Gasteiger partial charge in [0.1, 0.15) is 5.69 Å². The van der Waals surface area contributed by atoms with Crippen LogP contribution < -0.4 is 4.90 Å². The summed E-state index contributed by atoms with van der Waals surface area (Å²) in [6.07, 6.45) is 1.16. The molecule has 1 atom stereocenters. The van der Waals surface area contributed by atoms with Crippen LogP contribution in [0.2, 0.25) is 0 Å². The molecule has 2 aliphatic heterocycles. The van der Waals surface area contributed by atoms with Gasteiger partial charge < -0.3 is 5.11 Å². The number of hydrogen-bond acceptors (Lipinski definition) is 3. The SMILES string of the molecule is OC1(c2ccc(Br)cc2)C[N+]2=C(SCCC2)N1c1ccccc1.